The first kappa shape index (κ1) is 18.9. The van der Waals surface area contributed by atoms with Crippen LogP contribution in [-0.2, 0) is 16.0 Å². The Morgan fingerprint density at radius 2 is 1.93 bits per heavy atom. The number of nitrogens with two attached hydrogens (primary N) is 1. The second-order valence-electron chi connectivity index (χ2n) is 5.97. The zero-order valence-electron chi connectivity index (χ0n) is 14.9. The molecule has 3 aromatic heterocycles. The Labute approximate surface area is 160 Å². The van der Waals surface area contributed by atoms with E-state index < -0.39 is 23.6 Å². The predicted octanol–water partition coefficient (Wildman–Crippen LogP) is 0.448. The third-order valence-electron chi connectivity index (χ3n) is 4.05. The molecule has 0 aliphatic rings. The molecule has 1 atom stereocenters. The topological polar surface area (TPSA) is 133 Å². The van der Waals surface area contributed by atoms with E-state index in [-0.39, 0.29) is 12.1 Å². The third-order valence-corrected chi connectivity index (χ3v) is 4.05. The predicted molar refractivity (Wildman–Crippen MR) is 99.4 cm³/mol. The smallest absolute Gasteiger partial charge is 0.287 e. The van der Waals surface area contributed by atoms with E-state index in [2.05, 4.69) is 20.4 Å². The number of carbonyl (C=O) groups excluding carboxylic acids is 3. The van der Waals surface area contributed by atoms with Crippen LogP contribution in [0.4, 0.5) is 0 Å². The number of primary amides is 1. The number of ketones is 1. The van der Waals surface area contributed by atoms with Gasteiger partial charge >= 0.3 is 0 Å². The molecular formula is C19H18N6O3. The van der Waals surface area contributed by atoms with Gasteiger partial charge in [0.05, 0.1) is 12.2 Å². The number of Topliss-reactive ketones (excluding diaryl/α,β-unsaturated/α-hetero) is 1. The van der Waals surface area contributed by atoms with E-state index >= 15 is 0 Å². The van der Waals surface area contributed by atoms with Crippen LogP contribution in [0, 0.1) is 0 Å². The first-order chi connectivity index (χ1) is 13.6. The van der Waals surface area contributed by atoms with Crippen LogP contribution in [0.1, 0.15) is 22.5 Å². The zero-order valence-corrected chi connectivity index (χ0v) is 14.9. The Bertz CT molecular complexity index is 972. The fraction of sp³-hybridized carbons (Fsp3) is 0.158. The molecule has 9 heteroatoms. The highest BCUT2D eigenvalue weighted by Crippen LogP contribution is 2.10. The van der Waals surface area contributed by atoms with Gasteiger partial charge in [-0.1, -0.05) is 12.1 Å². The molecule has 0 aromatic carbocycles. The van der Waals surface area contributed by atoms with E-state index in [9.17, 15) is 14.4 Å². The zero-order chi connectivity index (χ0) is 19.9. The van der Waals surface area contributed by atoms with E-state index in [1.807, 2.05) is 6.07 Å². The average Bonchev–Trinajstić information content (AvgIpc) is 3.22. The van der Waals surface area contributed by atoms with Crippen LogP contribution in [0.3, 0.4) is 0 Å². The highest BCUT2D eigenvalue weighted by molar-refractivity contribution is 6.37. The van der Waals surface area contributed by atoms with E-state index in [1.165, 1.54) is 16.9 Å². The summed E-state index contributed by atoms with van der Waals surface area (Å²) in [6.07, 6.45) is 6.96. The molecule has 0 aliphatic carbocycles. The van der Waals surface area contributed by atoms with Gasteiger partial charge in [0.15, 0.2) is 5.82 Å². The Morgan fingerprint density at radius 3 is 2.61 bits per heavy atom. The van der Waals surface area contributed by atoms with Crippen LogP contribution in [-0.4, -0.2) is 43.4 Å². The largest absolute Gasteiger partial charge is 0.363 e. The van der Waals surface area contributed by atoms with Gasteiger partial charge in [-0.3, -0.25) is 19.4 Å². The summed E-state index contributed by atoms with van der Waals surface area (Å²) < 4.78 is 1.35. The molecule has 0 saturated carbocycles. The maximum atomic E-state index is 12.7. The first-order valence-corrected chi connectivity index (χ1v) is 8.55. The number of aromatic nitrogens is 4. The van der Waals surface area contributed by atoms with Gasteiger partial charge in [0.1, 0.15) is 5.69 Å². The SMILES string of the molecule is NC(=O)C(=O)C(CCc1cccnc1)NC(=O)c1ccnn1-c1ccccn1. The van der Waals surface area contributed by atoms with Crippen molar-refractivity contribution in [2.24, 2.45) is 5.73 Å². The molecule has 1 unspecified atom stereocenters. The molecule has 0 fully saturated rings. The van der Waals surface area contributed by atoms with Crippen LogP contribution in [0.15, 0.2) is 61.2 Å². The molecule has 0 radical (unpaired) electrons. The average molecular weight is 378 g/mol. The van der Waals surface area contributed by atoms with Gasteiger partial charge in [-0.25, -0.2) is 9.67 Å². The maximum Gasteiger partial charge on any atom is 0.287 e. The van der Waals surface area contributed by atoms with Crippen molar-refractivity contribution < 1.29 is 14.4 Å². The molecule has 3 N–H and O–H groups in total. The van der Waals surface area contributed by atoms with Crippen molar-refractivity contribution in [1.82, 2.24) is 25.1 Å². The number of hydrogen-bond donors (Lipinski definition) is 2. The van der Waals surface area contributed by atoms with Gasteiger partial charge in [-0.15, -0.1) is 0 Å². The maximum absolute atomic E-state index is 12.7. The Morgan fingerprint density at radius 1 is 1.07 bits per heavy atom. The summed E-state index contributed by atoms with van der Waals surface area (Å²) in [5.74, 6) is -2.07. The summed E-state index contributed by atoms with van der Waals surface area (Å²) >= 11 is 0. The molecule has 3 heterocycles. The van der Waals surface area contributed by atoms with Crippen molar-refractivity contribution in [1.29, 1.82) is 0 Å². The number of nitrogens with one attached hydrogen (secondary N) is 1. The number of pyridine rings is 2. The van der Waals surface area contributed by atoms with Crippen LogP contribution < -0.4 is 11.1 Å². The highest BCUT2D eigenvalue weighted by Gasteiger charge is 2.26. The standard InChI is InChI=1S/C19H18N6O3/c20-18(27)17(26)14(7-6-13-4-3-9-21-12-13)24-19(28)15-8-11-23-25(15)16-5-1-2-10-22-16/h1-5,8-12,14H,6-7H2,(H2,20,27)(H,24,28). The normalized spacial score (nSPS) is 11.6. The number of carbonyl (C=O) groups is 3. The summed E-state index contributed by atoms with van der Waals surface area (Å²) in [5, 5.41) is 6.68. The van der Waals surface area contributed by atoms with Gasteiger partial charge in [-0.05, 0) is 42.7 Å². The lowest BCUT2D eigenvalue weighted by atomic mass is 10.0. The first-order valence-electron chi connectivity index (χ1n) is 8.55. The number of aryl methyl sites for hydroxylation is 1. The fourth-order valence-electron chi connectivity index (χ4n) is 2.67. The molecule has 0 spiro atoms. The Balaban J connectivity index is 1.77. The van der Waals surface area contributed by atoms with Crippen LogP contribution in [0.5, 0.6) is 0 Å². The summed E-state index contributed by atoms with van der Waals surface area (Å²) in [5.41, 5.74) is 6.20. The lowest BCUT2D eigenvalue weighted by molar-refractivity contribution is -0.137. The molecule has 9 nitrogen and oxygen atoms in total. The van der Waals surface area contributed by atoms with E-state index in [0.717, 1.165) is 5.56 Å². The second-order valence-corrected chi connectivity index (χ2v) is 5.97. The lowest BCUT2D eigenvalue weighted by Crippen LogP contribution is -2.46. The summed E-state index contributed by atoms with van der Waals surface area (Å²) in [6.45, 7) is 0. The minimum atomic E-state index is -1.10. The number of hydrogen-bond acceptors (Lipinski definition) is 6. The van der Waals surface area contributed by atoms with Crippen LogP contribution >= 0.6 is 0 Å². The van der Waals surface area contributed by atoms with Crippen molar-refractivity contribution in [3.05, 3.63) is 72.4 Å². The molecule has 2 amide bonds. The van der Waals surface area contributed by atoms with E-state index in [4.69, 9.17) is 5.73 Å². The molecule has 142 valence electrons. The minimum Gasteiger partial charge on any atom is -0.363 e. The van der Waals surface area contributed by atoms with Crippen LogP contribution in [0.2, 0.25) is 0 Å². The molecule has 0 saturated heterocycles. The second kappa shape index (κ2) is 8.67. The Hall–Kier alpha value is -3.88. The summed E-state index contributed by atoms with van der Waals surface area (Å²) in [7, 11) is 0. The molecule has 3 rings (SSSR count). The lowest BCUT2D eigenvalue weighted by Gasteiger charge is -2.16. The van der Waals surface area contributed by atoms with E-state index in [1.54, 1.807) is 42.9 Å². The van der Waals surface area contributed by atoms with Crippen molar-refractivity contribution >= 4 is 17.6 Å². The van der Waals surface area contributed by atoms with Gasteiger partial charge in [0.25, 0.3) is 11.8 Å². The highest BCUT2D eigenvalue weighted by atomic mass is 16.2. The summed E-state index contributed by atoms with van der Waals surface area (Å²) in [6, 6.07) is 9.25. The third kappa shape index (κ3) is 4.44. The van der Waals surface area contributed by atoms with Gasteiger partial charge in [-0.2, -0.15) is 5.10 Å². The van der Waals surface area contributed by atoms with Crippen molar-refractivity contribution in [3.8, 4) is 5.82 Å². The van der Waals surface area contributed by atoms with Crippen molar-refractivity contribution in [2.75, 3.05) is 0 Å². The molecular weight excluding hydrogens is 360 g/mol. The monoisotopic (exact) mass is 378 g/mol. The summed E-state index contributed by atoms with van der Waals surface area (Å²) in [4.78, 5) is 44.5. The molecule has 0 bridgehead atoms. The Kier molecular flexibility index (Phi) is 5.85. The fourth-order valence-corrected chi connectivity index (χ4v) is 2.67. The number of rotatable bonds is 8. The number of amides is 2. The quantitative estimate of drug-likeness (QED) is 0.547. The minimum absolute atomic E-state index is 0.183. The van der Waals surface area contributed by atoms with Crippen molar-refractivity contribution in [3.63, 3.8) is 0 Å². The molecule has 28 heavy (non-hydrogen) atoms. The van der Waals surface area contributed by atoms with Crippen LogP contribution in [0.25, 0.3) is 5.82 Å². The molecule has 0 aliphatic heterocycles. The van der Waals surface area contributed by atoms with E-state index in [0.29, 0.717) is 12.2 Å². The molecule has 3 aromatic rings. The van der Waals surface area contributed by atoms with Crippen molar-refractivity contribution in [2.45, 2.75) is 18.9 Å². The van der Waals surface area contributed by atoms with Gasteiger partial charge in [0.2, 0.25) is 5.78 Å². The van der Waals surface area contributed by atoms with Gasteiger partial charge in [0, 0.05) is 18.6 Å². The van der Waals surface area contributed by atoms with Gasteiger partial charge < -0.3 is 11.1 Å². The number of nitrogens with zero attached hydrogens (tertiary/aromatic N) is 4.